The Bertz CT molecular complexity index is 403. The van der Waals surface area contributed by atoms with Crippen molar-refractivity contribution in [2.45, 2.75) is 25.8 Å². The number of hydrogen-bond donors (Lipinski definition) is 1. The molecule has 0 spiro atoms. The summed E-state index contributed by atoms with van der Waals surface area (Å²) in [5, 5.41) is 6.73. The summed E-state index contributed by atoms with van der Waals surface area (Å²) in [6, 6.07) is 1.76. The van der Waals surface area contributed by atoms with Gasteiger partial charge >= 0.3 is 0 Å². The monoisotopic (exact) mass is 252 g/mol. The molecule has 2 rings (SSSR count). The lowest BCUT2D eigenvalue weighted by Gasteiger charge is -2.34. The third-order valence-corrected chi connectivity index (χ3v) is 3.75. The van der Waals surface area contributed by atoms with Crippen molar-refractivity contribution in [1.82, 2.24) is 10.2 Å². The lowest BCUT2D eigenvalue weighted by molar-refractivity contribution is -0.145. The fourth-order valence-corrected chi connectivity index (χ4v) is 2.77. The van der Waals surface area contributed by atoms with Gasteiger partial charge < -0.3 is 10.2 Å². The average Bonchev–Trinajstić information content (AvgIpc) is 2.83. The van der Waals surface area contributed by atoms with E-state index in [0.717, 1.165) is 6.42 Å². The van der Waals surface area contributed by atoms with Crippen LogP contribution in [0.4, 0.5) is 0 Å². The van der Waals surface area contributed by atoms with Gasteiger partial charge in [-0.25, -0.2) is 0 Å². The summed E-state index contributed by atoms with van der Waals surface area (Å²) in [7, 11) is 0. The van der Waals surface area contributed by atoms with Crippen LogP contribution in [0, 0.1) is 0 Å². The van der Waals surface area contributed by atoms with Gasteiger partial charge in [-0.2, -0.15) is 11.3 Å². The fraction of sp³-hybridized carbons (Fsp3) is 0.500. The molecule has 1 unspecified atom stereocenters. The van der Waals surface area contributed by atoms with Gasteiger partial charge in [0.15, 0.2) is 0 Å². The zero-order valence-corrected chi connectivity index (χ0v) is 10.6. The van der Waals surface area contributed by atoms with Gasteiger partial charge in [0.2, 0.25) is 11.8 Å². The van der Waals surface area contributed by atoms with E-state index in [9.17, 15) is 9.59 Å². The second-order valence-electron chi connectivity index (χ2n) is 4.11. The molecule has 2 amide bonds. The molecule has 4 nitrogen and oxygen atoms in total. The number of amides is 2. The van der Waals surface area contributed by atoms with E-state index in [4.69, 9.17) is 0 Å². The molecule has 1 N–H and O–H groups in total. The molecule has 5 heteroatoms. The second-order valence-corrected chi connectivity index (χ2v) is 4.89. The standard InChI is InChI=1S/C12H16N2O2S/c1-2-10-12(16)13-7-11(15)14(10)5-3-9-4-6-17-8-9/h4,6,8,10H,2-3,5,7H2,1H3,(H,13,16). The predicted octanol–water partition coefficient (Wildman–Crippen LogP) is 1.03. The van der Waals surface area contributed by atoms with Gasteiger partial charge in [0.25, 0.3) is 0 Å². The Kier molecular flexibility index (Phi) is 3.78. The molecule has 1 aromatic heterocycles. The summed E-state index contributed by atoms with van der Waals surface area (Å²) in [6.07, 6.45) is 1.49. The van der Waals surface area contributed by atoms with E-state index in [1.807, 2.05) is 12.3 Å². The van der Waals surface area contributed by atoms with E-state index in [-0.39, 0.29) is 24.4 Å². The summed E-state index contributed by atoms with van der Waals surface area (Å²) in [4.78, 5) is 25.1. The Morgan fingerprint density at radius 1 is 1.53 bits per heavy atom. The normalized spacial score (nSPS) is 20.5. The quantitative estimate of drug-likeness (QED) is 0.870. The summed E-state index contributed by atoms with van der Waals surface area (Å²) in [5.41, 5.74) is 1.23. The Morgan fingerprint density at radius 2 is 2.35 bits per heavy atom. The topological polar surface area (TPSA) is 49.4 Å². The van der Waals surface area contributed by atoms with Crippen molar-refractivity contribution in [3.05, 3.63) is 22.4 Å². The van der Waals surface area contributed by atoms with Gasteiger partial charge in [-0.05, 0) is 35.2 Å². The van der Waals surface area contributed by atoms with Gasteiger partial charge in [-0.3, -0.25) is 9.59 Å². The first-order chi connectivity index (χ1) is 8.22. The van der Waals surface area contributed by atoms with Crippen LogP contribution in [0.2, 0.25) is 0 Å². The van der Waals surface area contributed by atoms with Crippen LogP contribution in [0.25, 0.3) is 0 Å². The number of rotatable bonds is 4. The van der Waals surface area contributed by atoms with E-state index < -0.39 is 0 Å². The summed E-state index contributed by atoms with van der Waals surface area (Å²) in [5.74, 6) is -0.0101. The second kappa shape index (κ2) is 5.31. The Balaban J connectivity index is 2.00. The Hall–Kier alpha value is -1.36. The first kappa shape index (κ1) is 12.1. The highest BCUT2D eigenvalue weighted by Crippen LogP contribution is 2.12. The lowest BCUT2D eigenvalue weighted by Crippen LogP contribution is -2.58. The molecule has 1 saturated heterocycles. The third-order valence-electron chi connectivity index (χ3n) is 3.02. The minimum Gasteiger partial charge on any atom is -0.345 e. The highest BCUT2D eigenvalue weighted by atomic mass is 32.1. The first-order valence-electron chi connectivity index (χ1n) is 5.80. The highest BCUT2D eigenvalue weighted by Gasteiger charge is 2.32. The molecule has 0 radical (unpaired) electrons. The number of hydrogen-bond acceptors (Lipinski definition) is 3. The molecule has 1 aliphatic rings. The number of carbonyl (C=O) groups is 2. The molecular weight excluding hydrogens is 236 g/mol. The molecule has 2 heterocycles. The minimum atomic E-state index is -0.296. The SMILES string of the molecule is CCC1C(=O)NCC(=O)N1CCc1ccsc1. The highest BCUT2D eigenvalue weighted by molar-refractivity contribution is 7.07. The molecule has 17 heavy (non-hydrogen) atoms. The lowest BCUT2D eigenvalue weighted by atomic mass is 10.1. The number of thiophene rings is 1. The van der Waals surface area contributed by atoms with E-state index >= 15 is 0 Å². The van der Waals surface area contributed by atoms with Gasteiger partial charge in [-0.1, -0.05) is 6.92 Å². The molecule has 1 aromatic rings. The molecule has 1 atom stereocenters. The van der Waals surface area contributed by atoms with E-state index in [2.05, 4.69) is 16.8 Å². The van der Waals surface area contributed by atoms with Crippen LogP contribution in [0.1, 0.15) is 18.9 Å². The maximum absolute atomic E-state index is 11.8. The largest absolute Gasteiger partial charge is 0.345 e. The van der Waals surface area contributed by atoms with Crippen molar-refractivity contribution >= 4 is 23.2 Å². The maximum Gasteiger partial charge on any atom is 0.243 e. The summed E-state index contributed by atoms with van der Waals surface area (Å²) < 4.78 is 0. The van der Waals surface area contributed by atoms with E-state index in [1.165, 1.54) is 5.56 Å². The maximum atomic E-state index is 11.8. The number of piperazine rings is 1. The first-order valence-corrected chi connectivity index (χ1v) is 6.75. The fourth-order valence-electron chi connectivity index (χ4n) is 2.07. The van der Waals surface area contributed by atoms with Crippen LogP contribution in [0.3, 0.4) is 0 Å². The summed E-state index contributed by atoms with van der Waals surface area (Å²) >= 11 is 1.65. The van der Waals surface area contributed by atoms with Gasteiger partial charge in [0.1, 0.15) is 6.04 Å². The zero-order valence-electron chi connectivity index (χ0n) is 9.81. The molecule has 0 saturated carbocycles. The average molecular weight is 252 g/mol. The molecular formula is C12H16N2O2S. The molecule has 0 aliphatic carbocycles. The van der Waals surface area contributed by atoms with Crippen molar-refractivity contribution in [2.75, 3.05) is 13.1 Å². The number of nitrogens with one attached hydrogen (secondary N) is 1. The molecule has 0 bridgehead atoms. The van der Waals surface area contributed by atoms with Crippen molar-refractivity contribution in [3.8, 4) is 0 Å². The van der Waals surface area contributed by atoms with Gasteiger partial charge in [0, 0.05) is 6.54 Å². The Labute approximate surface area is 105 Å². The van der Waals surface area contributed by atoms with Crippen LogP contribution in [0.15, 0.2) is 16.8 Å². The van der Waals surface area contributed by atoms with Gasteiger partial charge in [-0.15, -0.1) is 0 Å². The molecule has 92 valence electrons. The predicted molar refractivity (Wildman–Crippen MR) is 66.8 cm³/mol. The van der Waals surface area contributed by atoms with E-state index in [1.54, 1.807) is 16.2 Å². The van der Waals surface area contributed by atoms with Gasteiger partial charge in [0.05, 0.1) is 6.54 Å². The van der Waals surface area contributed by atoms with Crippen molar-refractivity contribution in [2.24, 2.45) is 0 Å². The smallest absolute Gasteiger partial charge is 0.243 e. The molecule has 1 aliphatic heterocycles. The van der Waals surface area contributed by atoms with Crippen molar-refractivity contribution in [1.29, 1.82) is 0 Å². The third kappa shape index (κ3) is 2.66. The van der Waals surface area contributed by atoms with Crippen LogP contribution >= 0.6 is 11.3 Å². The van der Waals surface area contributed by atoms with E-state index in [0.29, 0.717) is 13.0 Å². The van der Waals surface area contributed by atoms with Crippen LogP contribution < -0.4 is 5.32 Å². The number of nitrogens with zero attached hydrogens (tertiary/aromatic N) is 1. The van der Waals surface area contributed by atoms with Crippen LogP contribution in [-0.2, 0) is 16.0 Å². The summed E-state index contributed by atoms with van der Waals surface area (Å²) in [6.45, 7) is 2.70. The Morgan fingerprint density at radius 3 is 3.00 bits per heavy atom. The minimum absolute atomic E-state index is 0.0201. The molecule has 0 aromatic carbocycles. The van der Waals surface area contributed by atoms with Crippen LogP contribution in [-0.4, -0.2) is 35.8 Å². The van der Waals surface area contributed by atoms with Crippen molar-refractivity contribution in [3.63, 3.8) is 0 Å². The number of carbonyl (C=O) groups excluding carboxylic acids is 2. The zero-order chi connectivity index (χ0) is 12.3. The molecule has 1 fully saturated rings. The van der Waals surface area contributed by atoms with Crippen molar-refractivity contribution < 1.29 is 9.59 Å². The van der Waals surface area contributed by atoms with Crippen LogP contribution in [0.5, 0.6) is 0 Å².